The molecule has 0 fully saturated rings. The molecule has 0 heterocycles. The number of oxime groups is 1. The van der Waals surface area contributed by atoms with Gasteiger partial charge in [-0.1, -0.05) is 17.3 Å². The minimum atomic E-state index is -1.01. The van der Waals surface area contributed by atoms with E-state index in [4.69, 9.17) is 16.4 Å². The van der Waals surface area contributed by atoms with Crippen molar-refractivity contribution >= 4 is 29.5 Å². The van der Waals surface area contributed by atoms with Gasteiger partial charge in [0.2, 0.25) is 0 Å². The Bertz CT molecular complexity index is 541. The minimum Gasteiger partial charge on any atom is -0.396 e. The quantitative estimate of drug-likeness (QED) is 0.477. The van der Waals surface area contributed by atoms with Crippen LogP contribution in [0.15, 0.2) is 29.4 Å². The summed E-state index contributed by atoms with van der Waals surface area (Å²) in [7, 11) is 0. The maximum Gasteiger partial charge on any atom is 0.252 e. The number of nitrogens with one attached hydrogen (secondary N) is 1. The number of carbonyl (C=O) groups excluding carboxylic acids is 2. The van der Waals surface area contributed by atoms with E-state index in [0.717, 1.165) is 5.56 Å². The second-order valence-corrected chi connectivity index (χ2v) is 5.18. The Kier molecular flexibility index (Phi) is 6.37. The third-order valence-corrected chi connectivity index (χ3v) is 3.04. The molecule has 1 N–H and O–H groups in total. The van der Waals surface area contributed by atoms with Gasteiger partial charge in [0.25, 0.3) is 5.91 Å². The fourth-order valence-corrected chi connectivity index (χ4v) is 1.86. The van der Waals surface area contributed by atoms with E-state index in [1.54, 1.807) is 38.1 Å². The Morgan fingerprint density at radius 2 is 2.14 bits per heavy atom. The molecule has 0 saturated heterocycles. The zero-order valence-electron chi connectivity index (χ0n) is 12.4. The predicted molar refractivity (Wildman–Crippen MR) is 82.9 cm³/mol. The molecule has 1 aromatic rings. The molecule has 0 atom stereocenters. The van der Waals surface area contributed by atoms with Gasteiger partial charge in [0.1, 0.15) is 6.61 Å². The number of Topliss-reactive ketones (excluding diaryl/α,β-unsaturated/α-hetero) is 1. The van der Waals surface area contributed by atoms with Gasteiger partial charge in [-0.15, -0.1) is 11.6 Å². The highest BCUT2D eigenvalue weighted by atomic mass is 35.5. The van der Waals surface area contributed by atoms with Crippen LogP contribution >= 0.6 is 11.6 Å². The summed E-state index contributed by atoms with van der Waals surface area (Å²) in [5.74, 6) is -0.731. The number of hydrogen-bond donors (Lipinski definition) is 1. The number of amides is 1. The molecule has 0 aromatic heterocycles. The summed E-state index contributed by atoms with van der Waals surface area (Å²) in [6, 6.07) is 6.86. The van der Waals surface area contributed by atoms with Gasteiger partial charge in [0, 0.05) is 5.56 Å². The maximum absolute atomic E-state index is 12.2. The summed E-state index contributed by atoms with van der Waals surface area (Å²) in [6.45, 7) is 5.55. The van der Waals surface area contributed by atoms with Crippen LogP contribution < -0.4 is 5.32 Å². The van der Waals surface area contributed by atoms with Crippen molar-refractivity contribution < 1.29 is 14.4 Å². The Morgan fingerprint density at radius 1 is 1.43 bits per heavy atom. The smallest absolute Gasteiger partial charge is 0.252 e. The number of halogens is 1. The van der Waals surface area contributed by atoms with Gasteiger partial charge in [-0.2, -0.15) is 0 Å². The lowest BCUT2D eigenvalue weighted by Crippen LogP contribution is -2.50. The largest absolute Gasteiger partial charge is 0.396 e. The number of nitrogens with zero attached hydrogens (tertiary/aromatic N) is 1. The molecule has 0 bridgehead atoms. The highest BCUT2D eigenvalue weighted by molar-refractivity contribution is 6.29. The molecule has 0 aliphatic rings. The maximum atomic E-state index is 12.2. The Balaban J connectivity index is 2.83. The molecule has 0 unspecified atom stereocenters. The molecule has 5 nitrogen and oxygen atoms in total. The van der Waals surface area contributed by atoms with E-state index in [1.165, 1.54) is 6.21 Å². The van der Waals surface area contributed by atoms with Crippen LogP contribution in [0.5, 0.6) is 0 Å². The molecule has 0 radical (unpaired) electrons. The molecule has 0 aliphatic heterocycles. The van der Waals surface area contributed by atoms with Crippen LogP contribution in [0, 0.1) is 0 Å². The van der Waals surface area contributed by atoms with Crippen LogP contribution in [0.2, 0.25) is 0 Å². The molecular weight excluding hydrogens is 292 g/mol. The van der Waals surface area contributed by atoms with E-state index < -0.39 is 5.54 Å². The number of ketones is 1. The van der Waals surface area contributed by atoms with Gasteiger partial charge in [-0.3, -0.25) is 9.59 Å². The Morgan fingerprint density at radius 3 is 2.76 bits per heavy atom. The zero-order valence-corrected chi connectivity index (χ0v) is 13.1. The van der Waals surface area contributed by atoms with Crippen molar-refractivity contribution in [1.82, 2.24) is 5.32 Å². The monoisotopic (exact) mass is 310 g/mol. The van der Waals surface area contributed by atoms with E-state index in [0.29, 0.717) is 12.2 Å². The van der Waals surface area contributed by atoms with E-state index in [1.807, 2.05) is 6.92 Å². The molecule has 114 valence electrons. The summed E-state index contributed by atoms with van der Waals surface area (Å²) in [5, 5.41) is 6.42. The molecule has 0 aliphatic carbocycles. The minimum absolute atomic E-state index is 0.145. The van der Waals surface area contributed by atoms with Crippen molar-refractivity contribution in [2.75, 3.05) is 12.5 Å². The summed E-state index contributed by atoms with van der Waals surface area (Å²) in [6.07, 6.45) is 1.52. The van der Waals surface area contributed by atoms with Crippen LogP contribution in [-0.2, 0) is 9.63 Å². The molecule has 6 heteroatoms. The van der Waals surface area contributed by atoms with Crippen molar-refractivity contribution in [3.8, 4) is 0 Å². The summed E-state index contributed by atoms with van der Waals surface area (Å²) < 4.78 is 0. The number of alkyl halides is 1. The fourth-order valence-electron chi connectivity index (χ4n) is 1.53. The molecular formula is C15H19ClN2O3. The van der Waals surface area contributed by atoms with E-state index in [-0.39, 0.29) is 17.6 Å². The predicted octanol–water partition coefficient (Wildman–Crippen LogP) is 2.37. The molecule has 21 heavy (non-hydrogen) atoms. The van der Waals surface area contributed by atoms with Gasteiger partial charge >= 0.3 is 0 Å². The van der Waals surface area contributed by atoms with Gasteiger partial charge in [0.15, 0.2) is 5.78 Å². The lowest BCUT2D eigenvalue weighted by Gasteiger charge is -2.23. The first kappa shape index (κ1) is 17.2. The van der Waals surface area contributed by atoms with E-state index in [9.17, 15) is 9.59 Å². The first-order valence-electron chi connectivity index (χ1n) is 6.58. The van der Waals surface area contributed by atoms with Crippen molar-refractivity contribution in [2.24, 2.45) is 5.16 Å². The van der Waals surface area contributed by atoms with Gasteiger partial charge < -0.3 is 10.2 Å². The van der Waals surface area contributed by atoms with Gasteiger partial charge in [-0.25, -0.2) is 0 Å². The van der Waals surface area contributed by atoms with E-state index in [2.05, 4.69) is 10.5 Å². The van der Waals surface area contributed by atoms with Crippen LogP contribution in [0.3, 0.4) is 0 Å². The summed E-state index contributed by atoms with van der Waals surface area (Å²) >= 11 is 5.53. The van der Waals surface area contributed by atoms with Crippen LogP contribution in [-0.4, -0.2) is 35.9 Å². The Hall–Kier alpha value is -1.88. The molecule has 1 rings (SSSR count). The summed E-state index contributed by atoms with van der Waals surface area (Å²) in [4.78, 5) is 28.7. The van der Waals surface area contributed by atoms with Crippen LogP contribution in [0.25, 0.3) is 0 Å². The van der Waals surface area contributed by atoms with Crippen molar-refractivity contribution in [3.05, 3.63) is 35.4 Å². The lowest BCUT2D eigenvalue weighted by atomic mass is 9.99. The lowest BCUT2D eigenvalue weighted by molar-refractivity contribution is -0.121. The van der Waals surface area contributed by atoms with Crippen molar-refractivity contribution in [3.63, 3.8) is 0 Å². The second-order valence-electron chi connectivity index (χ2n) is 4.91. The fraction of sp³-hybridized carbons (Fsp3) is 0.400. The zero-order chi connectivity index (χ0) is 15.9. The van der Waals surface area contributed by atoms with E-state index >= 15 is 0 Å². The Labute approximate surface area is 129 Å². The number of benzene rings is 1. The standard InChI is InChI=1S/C15H19ClN2O3/c1-4-21-17-10-11-6-5-7-12(8-11)14(20)18-15(2,3)13(19)9-16/h5-8,10H,4,9H2,1-3H3,(H,18,20). The molecule has 1 amide bonds. The van der Waals surface area contributed by atoms with Crippen LogP contribution in [0.1, 0.15) is 36.7 Å². The average Bonchev–Trinajstić information content (AvgIpc) is 2.46. The first-order chi connectivity index (χ1) is 9.90. The van der Waals surface area contributed by atoms with Crippen LogP contribution in [0.4, 0.5) is 0 Å². The van der Waals surface area contributed by atoms with Crippen molar-refractivity contribution in [2.45, 2.75) is 26.3 Å². The molecule has 0 spiro atoms. The number of carbonyl (C=O) groups is 2. The topological polar surface area (TPSA) is 67.8 Å². The third kappa shape index (κ3) is 5.19. The number of rotatable bonds is 7. The van der Waals surface area contributed by atoms with Gasteiger partial charge in [0.05, 0.1) is 17.6 Å². The van der Waals surface area contributed by atoms with Crippen molar-refractivity contribution in [1.29, 1.82) is 0 Å². The second kappa shape index (κ2) is 7.78. The molecule has 0 saturated carbocycles. The molecule has 1 aromatic carbocycles. The highest BCUT2D eigenvalue weighted by Crippen LogP contribution is 2.09. The average molecular weight is 311 g/mol. The SMILES string of the molecule is CCON=Cc1cccc(C(=O)NC(C)(C)C(=O)CCl)c1. The highest BCUT2D eigenvalue weighted by Gasteiger charge is 2.28. The first-order valence-corrected chi connectivity index (χ1v) is 7.11. The normalized spacial score (nSPS) is 11.4. The van der Waals surface area contributed by atoms with Gasteiger partial charge in [-0.05, 0) is 38.5 Å². The summed E-state index contributed by atoms with van der Waals surface area (Å²) in [5.41, 5.74) is 0.164. The third-order valence-electron chi connectivity index (χ3n) is 2.80. The number of hydrogen-bond acceptors (Lipinski definition) is 4.